The Hall–Kier alpha value is -2.70. The maximum absolute atomic E-state index is 12.2. The molecule has 0 spiro atoms. The fraction of sp³-hybridized carbons (Fsp3) is 0.674. The highest BCUT2D eigenvalue weighted by molar-refractivity contribution is 5.70. The summed E-state index contributed by atoms with van der Waals surface area (Å²) < 4.78 is 10.5. The Balaban J connectivity index is 3.82. The largest absolute Gasteiger partial charge is 0.462 e. The van der Waals surface area contributed by atoms with E-state index in [1.807, 2.05) is 12.2 Å². The van der Waals surface area contributed by atoms with Crippen LogP contribution in [0.3, 0.4) is 0 Å². The number of esters is 2. The van der Waals surface area contributed by atoms with Crippen molar-refractivity contribution < 1.29 is 29.3 Å². The maximum Gasteiger partial charge on any atom is 0.306 e. The quantitative estimate of drug-likeness (QED) is 0.0309. The molecule has 2 N–H and O–H groups in total. The summed E-state index contributed by atoms with van der Waals surface area (Å²) in [5.41, 5.74) is 0. The highest BCUT2D eigenvalue weighted by Crippen LogP contribution is 2.15. The number of hydrogen-bond acceptors (Lipinski definition) is 6. The number of carbonyl (C=O) groups excluding carboxylic acids is 2. The van der Waals surface area contributed by atoms with Gasteiger partial charge in [0.05, 0.1) is 12.7 Å². The first-order valence-electron chi connectivity index (χ1n) is 19.5. The van der Waals surface area contributed by atoms with E-state index in [9.17, 15) is 19.8 Å². The van der Waals surface area contributed by atoms with E-state index in [1.165, 1.54) is 64.2 Å². The van der Waals surface area contributed by atoms with Crippen molar-refractivity contribution in [1.82, 2.24) is 0 Å². The third kappa shape index (κ3) is 36.4. The van der Waals surface area contributed by atoms with Crippen LogP contribution in [0.1, 0.15) is 156 Å². The molecule has 0 fully saturated rings. The number of ether oxygens (including phenoxy) is 2. The van der Waals surface area contributed by atoms with Gasteiger partial charge in [0, 0.05) is 12.8 Å². The first-order chi connectivity index (χ1) is 23.9. The second-order valence-electron chi connectivity index (χ2n) is 13.3. The van der Waals surface area contributed by atoms with Gasteiger partial charge < -0.3 is 19.7 Å². The fourth-order valence-corrected chi connectivity index (χ4v) is 5.08. The molecule has 0 aliphatic carbocycles. The third-order valence-electron chi connectivity index (χ3n) is 8.06. The van der Waals surface area contributed by atoms with E-state index in [4.69, 9.17) is 9.47 Å². The highest BCUT2D eigenvalue weighted by atomic mass is 16.6. The van der Waals surface area contributed by atoms with Crippen LogP contribution in [0.4, 0.5) is 0 Å². The molecular weight excluding hydrogens is 612 g/mol. The lowest BCUT2D eigenvalue weighted by atomic mass is 10.0. The van der Waals surface area contributed by atoms with E-state index < -0.39 is 24.8 Å². The normalized spacial score (nSPS) is 13.8. The second kappa shape index (κ2) is 36.6. The highest BCUT2D eigenvalue weighted by Gasteiger charge is 2.16. The average molecular weight is 685 g/mol. The molecule has 0 bridgehead atoms. The number of rotatable bonds is 33. The van der Waals surface area contributed by atoms with E-state index in [-0.39, 0.29) is 25.4 Å². The maximum atomic E-state index is 12.2. The first-order valence-corrected chi connectivity index (χ1v) is 19.5. The summed E-state index contributed by atoms with van der Waals surface area (Å²) in [6.45, 7) is 6.14. The molecule has 49 heavy (non-hydrogen) atoms. The molecule has 0 aromatic carbocycles. The summed E-state index contributed by atoms with van der Waals surface area (Å²) in [4.78, 5) is 24.3. The van der Waals surface area contributed by atoms with Gasteiger partial charge in [-0.2, -0.15) is 0 Å². The van der Waals surface area contributed by atoms with E-state index in [0.717, 1.165) is 57.3 Å². The molecule has 1 unspecified atom stereocenters. The molecule has 0 rings (SSSR count). The smallest absolute Gasteiger partial charge is 0.306 e. The Labute approximate surface area is 300 Å². The van der Waals surface area contributed by atoms with Gasteiger partial charge in [-0.15, -0.1) is 0 Å². The van der Waals surface area contributed by atoms with E-state index in [2.05, 4.69) is 69.4 Å². The summed E-state index contributed by atoms with van der Waals surface area (Å²) in [5, 5.41) is 19.7. The van der Waals surface area contributed by atoms with Crippen LogP contribution in [0, 0.1) is 5.92 Å². The zero-order valence-corrected chi connectivity index (χ0v) is 31.5. The molecule has 0 saturated carbocycles. The van der Waals surface area contributed by atoms with E-state index in [1.54, 1.807) is 12.2 Å². The molecule has 0 saturated heterocycles. The minimum Gasteiger partial charge on any atom is -0.462 e. The van der Waals surface area contributed by atoms with Gasteiger partial charge in [0.25, 0.3) is 0 Å². The van der Waals surface area contributed by atoms with Gasteiger partial charge in [0.2, 0.25) is 0 Å². The van der Waals surface area contributed by atoms with Crippen molar-refractivity contribution in [2.75, 3.05) is 13.2 Å². The molecule has 0 heterocycles. The predicted octanol–water partition coefficient (Wildman–Crippen LogP) is 11.0. The number of carbonyl (C=O) groups is 2. The van der Waals surface area contributed by atoms with Crippen LogP contribution in [-0.4, -0.2) is 47.6 Å². The monoisotopic (exact) mass is 685 g/mol. The Bertz CT molecular complexity index is 942. The Kier molecular flexibility index (Phi) is 34.6. The van der Waals surface area contributed by atoms with Crippen molar-refractivity contribution in [3.8, 4) is 0 Å². The molecule has 0 amide bonds. The minimum atomic E-state index is -0.869. The van der Waals surface area contributed by atoms with Gasteiger partial charge in [-0.3, -0.25) is 9.59 Å². The molecule has 0 radical (unpaired) electrons. The van der Waals surface area contributed by atoms with Crippen LogP contribution >= 0.6 is 0 Å². The summed E-state index contributed by atoms with van der Waals surface area (Å²) in [7, 11) is 0. The fourth-order valence-electron chi connectivity index (χ4n) is 5.08. The number of aliphatic hydroxyl groups excluding tert-OH is 2. The van der Waals surface area contributed by atoms with Gasteiger partial charge >= 0.3 is 11.9 Å². The van der Waals surface area contributed by atoms with Gasteiger partial charge in [-0.25, -0.2) is 0 Å². The summed E-state index contributed by atoms with van der Waals surface area (Å²) in [6, 6.07) is 0. The molecule has 280 valence electrons. The van der Waals surface area contributed by atoms with Gasteiger partial charge in [-0.1, -0.05) is 171 Å². The summed E-state index contributed by atoms with van der Waals surface area (Å²) in [5.74, 6) is -0.0504. The van der Waals surface area contributed by atoms with E-state index >= 15 is 0 Å². The molecule has 0 aliphatic heterocycles. The molecule has 0 aromatic heterocycles. The zero-order chi connectivity index (χ0) is 36.0. The molecule has 6 heteroatoms. The zero-order valence-electron chi connectivity index (χ0n) is 31.5. The number of allylic oxidation sites excluding steroid dienone is 11. The summed E-state index contributed by atoms with van der Waals surface area (Å²) >= 11 is 0. The van der Waals surface area contributed by atoms with Crippen LogP contribution in [0.2, 0.25) is 0 Å². The number of hydrogen-bond donors (Lipinski definition) is 2. The van der Waals surface area contributed by atoms with Crippen LogP contribution in [-0.2, 0) is 19.1 Å². The van der Waals surface area contributed by atoms with Gasteiger partial charge in [0.15, 0.2) is 6.10 Å². The van der Waals surface area contributed by atoms with Crippen molar-refractivity contribution in [1.29, 1.82) is 0 Å². The Morgan fingerprint density at radius 1 is 0.592 bits per heavy atom. The average Bonchev–Trinajstić information content (AvgIpc) is 3.08. The van der Waals surface area contributed by atoms with Crippen LogP contribution in [0.5, 0.6) is 0 Å². The third-order valence-corrected chi connectivity index (χ3v) is 8.06. The first kappa shape index (κ1) is 46.3. The second-order valence-corrected chi connectivity index (χ2v) is 13.3. The van der Waals surface area contributed by atoms with Crippen LogP contribution in [0.15, 0.2) is 72.9 Å². The number of aliphatic hydroxyl groups is 2. The Morgan fingerprint density at radius 3 is 1.59 bits per heavy atom. The lowest BCUT2D eigenvalue weighted by Crippen LogP contribution is -2.28. The standard InChI is InChI=1S/C43H72O6/c1-4-5-6-7-8-9-10-11-12-13-14-18-21-24-27-30-33-40(45)35-36-42(46)48-38-41(37-44)49-43(47)34-31-28-25-22-19-16-15-17-20-23-26-29-32-39(2)3/h5-6,8-9,11-12,14,18,24,27,30,33,39-41,44-45H,4,7,10,13,15-17,19-23,25-26,28-29,31-32,34-38H2,1-3H3/b6-5-,9-8-,12-11-,18-14-,27-24-,33-30-/t40?,41-/m0/s1. The Morgan fingerprint density at radius 2 is 1.08 bits per heavy atom. The van der Waals surface area contributed by atoms with Gasteiger partial charge in [0.1, 0.15) is 6.61 Å². The van der Waals surface area contributed by atoms with Crippen LogP contribution in [0.25, 0.3) is 0 Å². The number of unbranched alkanes of at least 4 members (excludes halogenated alkanes) is 11. The van der Waals surface area contributed by atoms with Crippen molar-refractivity contribution in [3.63, 3.8) is 0 Å². The van der Waals surface area contributed by atoms with E-state index in [0.29, 0.717) is 6.42 Å². The lowest BCUT2D eigenvalue weighted by Gasteiger charge is -2.16. The molecule has 0 aromatic rings. The van der Waals surface area contributed by atoms with Crippen molar-refractivity contribution in [2.45, 2.75) is 168 Å². The lowest BCUT2D eigenvalue weighted by molar-refractivity contribution is -0.161. The summed E-state index contributed by atoms with van der Waals surface area (Å²) in [6.07, 6.45) is 44.4. The molecular formula is C43H72O6. The molecule has 6 nitrogen and oxygen atoms in total. The topological polar surface area (TPSA) is 93.1 Å². The minimum absolute atomic E-state index is 0.0295. The SMILES string of the molecule is CC/C=C\C/C=C\C/C=C\C/C=C\C/C=C\C=C/C(O)CCC(=O)OC[C@H](CO)OC(=O)CCCCCCCCCCCCCCC(C)C. The molecule has 2 atom stereocenters. The molecule has 0 aliphatic rings. The van der Waals surface area contributed by atoms with Crippen molar-refractivity contribution in [3.05, 3.63) is 72.9 Å². The van der Waals surface area contributed by atoms with Crippen LogP contribution < -0.4 is 0 Å². The van der Waals surface area contributed by atoms with Gasteiger partial charge in [-0.05, 0) is 50.9 Å². The van der Waals surface area contributed by atoms with Crippen molar-refractivity contribution in [2.24, 2.45) is 5.92 Å². The predicted molar refractivity (Wildman–Crippen MR) is 206 cm³/mol. The van der Waals surface area contributed by atoms with Crippen molar-refractivity contribution >= 4 is 11.9 Å².